The van der Waals surface area contributed by atoms with Crippen molar-refractivity contribution in [2.45, 2.75) is 53.1 Å². The Hall–Kier alpha value is -0.840. The molecule has 0 spiro atoms. The van der Waals surface area contributed by atoms with Gasteiger partial charge >= 0.3 is 0 Å². The van der Waals surface area contributed by atoms with Crippen LogP contribution in [0, 0.1) is 13.8 Å². The molecule has 0 aromatic carbocycles. The van der Waals surface area contributed by atoms with Crippen LogP contribution in [-0.4, -0.2) is 21.9 Å². The van der Waals surface area contributed by atoms with Gasteiger partial charge in [0.1, 0.15) is 0 Å². The molecule has 3 nitrogen and oxygen atoms in total. The van der Waals surface area contributed by atoms with Gasteiger partial charge in [-0.05, 0) is 65.3 Å². The number of aromatic nitrogens is 2. The fourth-order valence-corrected chi connectivity index (χ4v) is 3.47. The van der Waals surface area contributed by atoms with E-state index in [9.17, 15) is 0 Å². The highest BCUT2D eigenvalue weighted by atomic mass is 35.5. The summed E-state index contributed by atoms with van der Waals surface area (Å²) in [6.07, 6.45) is 1.01. The molecule has 0 bridgehead atoms. The highest BCUT2D eigenvalue weighted by molar-refractivity contribution is 7.16. The van der Waals surface area contributed by atoms with E-state index in [-0.39, 0.29) is 5.54 Å². The Morgan fingerprint density at radius 1 is 1.29 bits per heavy atom. The average molecular weight is 326 g/mol. The lowest BCUT2D eigenvalue weighted by Crippen LogP contribution is -2.37. The Balaban J connectivity index is 2.06. The number of hydrogen-bond acceptors (Lipinski definition) is 3. The van der Waals surface area contributed by atoms with Crippen LogP contribution in [0.3, 0.4) is 0 Å². The van der Waals surface area contributed by atoms with Gasteiger partial charge in [-0.15, -0.1) is 11.3 Å². The number of nitrogens with one attached hydrogen (secondary N) is 1. The predicted octanol–water partition coefficient (Wildman–Crippen LogP) is 4.19. The minimum atomic E-state index is 0.158. The van der Waals surface area contributed by atoms with Crippen molar-refractivity contribution in [3.63, 3.8) is 0 Å². The topological polar surface area (TPSA) is 29.9 Å². The first-order valence-corrected chi connectivity index (χ1v) is 8.48. The molecule has 21 heavy (non-hydrogen) atoms. The Morgan fingerprint density at radius 2 is 2.00 bits per heavy atom. The van der Waals surface area contributed by atoms with E-state index >= 15 is 0 Å². The maximum Gasteiger partial charge on any atom is 0.0931 e. The number of thiophene rings is 1. The summed E-state index contributed by atoms with van der Waals surface area (Å²) in [4.78, 5) is 1.24. The molecule has 2 aromatic heterocycles. The summed E-state index contributed by atoms with van der Waals surface area (Å²) in [5, 5.41) is 8.22. The molecule has 0 unspecified atom stereocenters. The molecule has 5 heteroatoms. The van der Waals surface area contributed by atoms with Crippen LogP contribution >= 0.6 is 22.9 Å². The normalized spacial score (nSPS) is 12.1. The molecule has 0 radical (unpaired) electrons. The number of halogens is 1. The van der Waals surface area contributed by atoms with Gasteiger partial charge < -0.3 is 5.32 Å². The van der Waals surface area contributed by atoms with Crippen molar-refractivity contribution in [1.29, 1.82) is 0 Å². The van der Waals surface area contributed by atoms with Crippen molar-refractivity contribution in [3.05, 3.63) is 38.3 Å². The summed E-state index contributed by atoms with van der Waals surface area (Å²) in [5.74, 6) is 0. The molecule has 0 aliphatic heterocycles. The van der Waals surface area contributed by atoms with Gasteiger partial charge in [0.05, 0.1) is 16.6 Å². The van der Waals surface area contributed by atoms with E-state index in [0.717, 1.165) is 29.5 Å². The van der Waals surface area contributed by atoms with Crippen LogP contribution in [-0.2, 0) is 13.0 Å². The zero-order valence-corrected chi connectivity index (χ0v) is 15.0. The van der Waals surface area contributed by atoms with E-state index in [2.05, 4.69) is 55.8 Å². The molecule has 0 saturated carbocycles. The van der Waals surface area contributed by atoms with Crippen LogP contribution in [0.1, 0.15) is 42.6 Å². The highest BCUT2D eigenvalue weighted by Gasteiger charge is 2.14. The second kappa shape index (κ2) is 6.51. The quantitative estimate of drug-likeness (QED) is 0.893. The van der Waals surface area contributed by atoms with Gasteiger partial charge in [0.2, 0.25) is 0 Å². The monoisotopic (exact) mass is 325 g/mol. The lowest BCUT2D eigenvalue weighted by molar-refractivity contribution is 0.429. The van der Waals surface area contributed by atoms with Crippen LogP contribution in [0.4, 0.5) is 0 Å². The number of hydrogen-bond donors (Lipinski definition) is 1. The van der Waals surface area contributed by atoms with E-state index in [4.69, 9.17) is 11.6 Å². The van der Waals surface area contributed by atoms with Gasteiger partial charge in [-0.2, -0.15) is 5.10 Å². The molecule has 2 aromatic rings. The van der Waals surface area contributed by atoms with Crippen molar-refractivity contribution in [3.8, 4) is 0 Å². The molecule has 116 valence electrons. The second-order valence-corrected chi connectivity index (χ2v) is 8.24. The van der Waals surface area contributed by atoms with Gasteiger partial charge in [-0.25, -0.2) is 0 Å². The van der Waals surface area contributed by atoms with Gasteiger partial charge in [0.25, 0.3) is 0 Å². The Labute approximate surface area is 136 Å². The second-order valence-electron chi connectivity index (χ2n) is 6.44. The summed E-state index contributed by atoms with van der Waals surface area (Å²) in [7, 11) is 0. The highest BCUT2D eigenvalue weighted by Crippen LogP contribution is 2.23. The van der Waals surface area contributed by atoms with Gasteiger partial charge in [0.15, 0.2) is 0 Å². The van der Waals surface area contributed by atoms with Crippen LogP contribution in [0.15, 0.2) is 12.1 Å². The Morgan fingerprint density at radius 3 is 2.57 bits per heavy atom. The zero-order valence-electron chi connectivity index (χ0n) is 13.5. The molecule has 1 N–H and O–H groups in total. The van der Waals surface area contributed by atoms with Crippen LogP contribution in [0.2, 0.25) is 4.34 Å². The van der Waals surface area contributed by atoms with Crippen molar-refractivity contribution in [2.75, 3.05) is 6.54 Å². The van der Waals surface area contributed by atoms with Crippen molar-refractivity contribution >= 4 is 22.9 Å². The molecule has 0 aliphatic carbocycles. The summed E-state index contributed by atoms with van der Waals surface area (Å²) < 4.78 is 2.92. The summed E-state index contributed by atoms with van der Waals surface area (Å²) in [5.41, 5.74) is 3.90. The first-order valence-electron chi connectivity index (χ1n) is 7.28. The summed E-state index contributed by atoms with van der Waals surface area (Å²) >= 11 is 7.61. The van der Waals surface area contributed by atoms with Gasteiger partial charge in [-0.3, -0.25) is 4.68 Å². The van der Waals surface area contributed by atoms with Crippen LogP contribution in [0.25, 0.3) is 0 Å². The summed E-state index contributed by atoms with van der Waals surface area (Å²) in [6, 6.07) is 4.02. The maximum atomic E-state index is 5.99. The lowest BCUT2D eigenvalue weighted by Gasteiger charge is -2.20. The molecule has 0 fully saturated rings. The number of nitrogens with zero attached hydrogens (tertiary/aromatic N) is 2. The largest absolute Gasteiger partial charge is 0.312 e. The molecular formula is C16H24ClN3S. The first-order chi connectivity index (χ1) is 9.76. The third-order valence-corrected chi connectivity index (χ3v) is 4.71. The zero-order chi connectivity index (χ0) is 15.6. The van der Waals surface area contributed by atoms with Crippen LogP contribution < -0.4 is 5.32 Å². The Kier molecular flexibility index (Phi) is 5.12. The SMILES string of the molecule is Cc1nn(Cc2ccc(Cl)s2)c(C)c1CCNC(C)(C)C. The van der Waals surface area contributed by atoms with E-state index in [1.54, 1.807) is 11.3 Å². The van der Waals surface area contributed by atoms with E-state index in [1.807, 2.05) is 6.07 Å². The van der Waals surface area contributed by atoms with Crippen molar-refractivity contribution in [2.24, 2.45) is 0 Å². The third kappa shape index (κ3) is 4.56. The predicted molar refractivity (Wildman–Crippen MR) is 91.6 cm³/mol. The standard InChI is InChI=1S/C16H24ClN3S/c1-11-14(8-9-18-16(3,4)5)12(2)20(19-11)10-13-6-7-15(17)21-13/h6-7,18H,8-10H2,1-5H3. The fraction of sp³-hybridized carbons (Fsp3) is 0.562. The van der Waals surface area contributed by atoms with E-state index < -0.39 is 0 Å². The molecule has 0 atom stereocenters. The molecular weight excluding hydrogens is 302 g/mol. The third-order valence-electron chi connectivity index (χ3n) is 3.50. The summed E-state index contributed by atoms with van der Waals surface area (Å²) in [6.45, 7) is 12.6. The van der Waals surface area contributed by atoms with Crippen molar-refractivity contribution < 1.29 is 0 Å². The Bertz CT molecular complexity index is 608. The minimum Gasteiger partial charge on any atom is -0.312 e. The molecule has 0 aliphatic rings. The molecule has 2 rings (SSSR count). The van der Waals surface area contributed by atoms with Gasteiger partial charge in [0, 0.05) is 16.1 Å². The number of rotatable bonds is 5. The first kappa shape index (κ1) is 16.5. The lowest BCUT2D eigenvalue weighted by atomic mass is 10.1. The van der Waals surface area contributed by atoms with Crippen molar-refractivity contribution in [1.82, 2.24) is 15.1 Å². The fourth-order valence-electron chi connectivity index (χ4n) is 2.40. The number of aryl methyl sites for hydroxylation is 1. The molecule has 0 saturated heterocycles. The van der Waals surface area contributed by atoms with Crippen LogP contribution in [0.5, 0.6) is 0 Å². The van der Waals surface area contributed by atoms with E-state index in [0.29, 0.717) is 0 Å². The average Bonchev–Trinajstić information content (AvgIpc) is 2.87. The van der Waals surface area contributed by atoms with Gasteiger partial charge in [-0.1, -0.05) is 11.6 Å². The molecule has 2 heterocycles. The molecule has 0 amide bonds. The minimum absolute atomic E-state index is 0.158. The van der Waals surface area contributed by atoms with E-state index in [1.165, 1.54) is 16.1 Å². The maximum absolute atomic E-state index is 5.99. The smallest absolute Gasteiger partial charge is 0.0931 e.